The van der Waals surface area contributed by atoms with E-state index < -0.39 is 54.5 Å². The first kappa shape index (κ1) is 22.8. The van der Waals surface area contributed by atoms with Crippen LogP contribution in [0.5, 0.6) is 0 Å². The summed E-state index contributed by atoms with van der Waals surface area (Å²) in [5, 5.41) is 23.4. The standard InChI is InChI=1S/C17H30N4O6/c1-4-9(2)13(18)15(24)20-11(8-22)14(23)19-10(3)16(25)21-7-5-6-12(21)17(26)27/h9-13,22H,4-8,18H2,1-3H3,(H,19,23)(H,20,24)(H,26,27). The van der Waals surface area contributed by atoms with Crippen molar-refractivity contribution in [3.05, 3.63) is 0 Å². The second kappa shape index (κ2) is 10.2. The summed E-state index contributed by atoms with van der Waals surface area (Å²) in [5.41, 5.74) is 5.81. The number of carboxylic acid groups (broad SMARTS) is 1. The van der Waals surface area contributed by atoms with Crippen molar-refractivity contribution in [2.24, 2.45) is 11.7 Å². The molecule has 0 aliphatic carbocycles. The first-order valence-electron chi connectivity index (χ1n) is 9.14. The van der Waals surface area contributed by atoms with E-state index in [0.29, 0.717) is 25.8 Å². The van der Waals surface area contributed by atoms with E-state index in [4.69, 9.17) is 10.8 Å². The van der Waals surface area contributed by atoms with E-state index in [1.165, 1.54) is 11.8 Å². The highest BCUT2D eigenvalue weighted by molar-refractivity contribution is 5.94. The Morgan fingerprint density at radius 1 is 1.19 bits per heavy atom. The number of carbonyl (C=O) groups is 4. The molecule has 27 heavy (non-hydrogen) atoms. The molecule has 1 aliphatic heterocycles. The van der Waals surface area contributed by atoms with Crippen LogP contribution in [-0.4, -0.2) is 76.1 Å². The minimum Gasteiger partial charge on any atom is -0.480 e. The average Bonchev–Trinajstić information content (AvgIpc) is 3.13. The Balaban J connectivity index is 2.67. The van der Waals surface area contributed by atoms with Crippen LogP contribution in [0.15, 0.2) is 0 Å². The minimum atomic E-state index is -1.25. The third kappa shape index (κ3) is 5.90. The fourth-order valence-electron chi connectivity index (χ4n) is 2.89. The molecule has 5 unspecified atom stereocenters. The molecule has 0 aromatic heterocycles. The number of aliphatic hydroxyl groups is 1. The molecule has 10 heteroatoms. The van der Waals surface area contributed by atoms with Gasteiger partial charge in [0.05, 0.1) is 12.6 Å². The molecule has 1 heterocycles. The summed E-state index contributed by atoms with van der Waals surface area (Å²) < 4.78 is 0. The summed E-state index contributed by atoms with van der Waals surface area (Å²) in [4.78, 5) is 49.3. The number of hydrogen-bond acceptors (Lipinski definition) is 6. The third-order valence-electron chi connectivity index (χ3n) is 4.93. The van der Waals surface area contributed by atoms with Crippen LogP contribution in [-0.2, 0) is 19.2 Å². The van der Waals surface area contributed by atoms with Gasteiger partial charge in [-0.3, -0.25) is 14.4 Å². The van der Waals surface area contributed by atoms with Crippen LogP contribution in [0.2, 0.25) is 0 Å². The molecular weight excluding hydrogens is 356 g/mol. The highest BCUT2D eigenvalue weighted by Crippen LogP contribution is 2.18. The van der Waals surface area contributed by atoms with E-state index >= 15 is 0 Å². The van der Waals surface area contributed by atoms with Crippen LogP contribution in [0, 0.1) is 5.92 Å². The monoisotopic (exact) mass is 386 g/mol. The fourth-order valence-corrected chi connectivity index (χ4v) is 2.89. The van der Waals surface area contributed by atoms with Crippen molar-refractivity contribution in [3.63, 3.8) is 0 Å². The van der Waals surface area contributed by atoms with Gasteiger partial charge in [0.15, 0.2) is 0 Å². The minimum absolute atomic E-state index is 0.101. The number of likely N-dealkylation sites (tertiary alicyclic amines) is 1. The molecule has 1 saturated heterocycles. The van der Waals surface area contributed by atoms with Crippen LogP contribution in [0.25, 0.3) is 0 Å². The van der Waals surface area contributed by atoms with Gasteiger partial charge in [-0.1, -0.05) is 20.3 Å². The quantitative estimate of drug-likeness (QED) is 0.319. The zero-order valence-corrected chi connectivity index (χ0v) is 16.0. The number of aliphatic hydroxyl groups excluding tert-OH is 1. The van der Waals surface area contributed by atoms with Gasteiger partial charge in [0.1, 0.15) is 18.1 Å². The maximum absolute atomic E-state index is 12.4. The summed E-state index contributed by atoms with van der Waals surface area (Å²) in [5.74, 6) is -3.01. The van der Waals surface area contributed by atoms with Crippen molar-refractivity contribution >= 4 is 23.7 Å². The molecule has 1 aliphatic rings. The Bertz CT molecular complexity index is 570. The lowest BCUT2D eigenvalue weighted by molar-refractivity contribution is -0.149. The lowest BCUT2D eigenvalue weighted by atomic mass is 9.99. The van der Waals surface area contributed by atoms with Gasteiger partial charge in [-0.15, -0.1) is 0 Å². The molecule has 10 nitrogen and oxygen atoms in total. The van der Waals surface area contributed by atoms with Crippen LogP contribution in [0.3, 0.4) is 0 Å². The van der Waals surface area contributed by atoms with E-state index in [2.05, 4.69) is 10.6 Å². The first-order valence-corrected chi connectivity index (χ1v) is 9.14. The molecule has 3 amide bonds. The van der Waals surface area contributed by atoms with Gasteiger partial charge >= 0.3 is 5.97 Å². The molecule has 0 aromatic carbocycles. The molecule has 0 bridgehead atoms. The molecule has 0 radical (unpaired) electrons. The maximum Gasteiger partial charge on any atom is 0.326 e. The number of hydrogen-bond donors (Lipinski definition) is 5. The lowest BCUT2D eigenvalue weighted by Crippen LogP contribution is -2.58. The third-order valence-corrected chi connectivity index (χ3v) is 4.93. The maximum atomic E-state index is 12.4. The highest BCUT2D eigenvalue weighted by atomic mass is 16.4. The van der Waals surface area contributed by atoms with Gasteiger partial charge < -0.3 is 31.5 Å². The summed E-state index contributed by atoms with van der Waals surface area (Å²) in [6.45, 7) is 4.75. The van der Waals surface area contributed by atoms with E-state index in [1.807, 2.05) is 6.92 Å². The van der Waals surface area contributed by atoms with Crippen LogP contribution >= 0.6 is 0 Å². The van der Waals surface area contributed by atoms with E-state index in [1.54, 1.807) is 6.92 Å². The van der Waals surface area contributed by atoms with Gasteiger partial charge in [0.2, 0.25) is 17.7 Å². The summed E-state index contributed by atoms with van der Waals surface area (Å²) >= 11 is 0. The Labute approximate surface area is 158 Å². The topological polar surface area (TPSA) is 162 Å². The number of carboxylic acids is 1. The number of carbonyl (C=O) groups excluding carboxylic acids is 3. The van der Waals surface area contributed by atoms with Gasteiger partial charge in [-0.2, -0.15) is 0 Å². The Hall–Kier alpha value is -2.20. The lowest BCUT2D eigenvalue weighted by Gasteiger charge is -2.27. The van der Waals surface area contributed by atoms with Crippen molar-refractivity contribution in [1.29, 1.82) is 0 Å². The van der Waals surface area contributed by atoms with Crippen molar-refractivity contribution in [2.45, 2.75) is 64.2 Å². The Kier molecular flexibility index (Phi) is 8.64. The molecule has 1 fully saturated rings. The SMILES string of the molecule is CCC(C)C(N)C(=O)NC(CO)C(=O)NC(C)C(=O)N1CCCC1C(=O)O. The average molecular weight is 386 g/mol. The summed E-state index contributed by atoms with van der Waals surface area (Å²) in [6.07, 6.45) is 1.62. The highest BCUT2D eigenvalue weighted by Gasteiger charge is 2.37. The van der Waals surface area contributed by atoms with Crippen LogP contribution in [0.1, 0.15) is 40.0 Å². The largest absolute Gasteiger partial charge is 0.480 e. The van der Waals surface area contributed by atoms with Gasteiger partial charge in [0, 0.05) is 6.54 Å². The smallest absolute Gasteiger partial charge is 0.326 e. The second-order valence-corrected chi connectivity index (χ2v) is 6.91. The predicted octanol–water partition coefficient (Wildman–Crippen LogP) is -1.58. The number of nitrogens with zero attached hydrogens (tertiary/aromatic N) is 1. The van der Waals surface area contributed by atoms with Gasteiger partial charge in [-0.05, 0) is 25.7 Å². The number of nitrogens with two attached hydrogens (primary N) is 1. The first-order chi connectivity index (χ1) is 12.6. The molecule has 6 N–H and O–H groups in total. The molecule has 154 valence electrons. The number of nitrogens with one attached hydrogen (secondary N) is 2. The number of amides is 3. The van der Waals surface area contributed by atoms with Crippen molar-refractivity contribution < 1.29 is 29.4 Å². The molecule has 1 rings (SSSR count). The molecule has 0 saturated carbocycles. The number of rotatable bonds is 9. The summed E-state index contributed by atoms with van der Waals surface area (Å²) in [6, 6.07) is -3.97. The van der Waals surface area contributed by atoms with E-state index in [0.717, 1.165) is 0 Å². The van der Waals surface area contributed by atoms with E-state index in [9.17, 15) is 24.3 Å². The fraction of sp³-hybridized carbons (Fsp3) is 0.765. The summed E-state index contributed by atoms with van der Waals surface area (Å²) in [7, 11) is 0. The van der Waals surface area contributed by atoms with Crippen molar-refractivity contribution in [1.82, 2.24) is 15.5 Å². The second-order valence-electron chi connectivity index (χ2n) is 6.91. The Morgan fingerprint density at radius 2 is 1.81 bits per heavy atom. The zero-order chi connectivity index (χ0) is 20.7. The van der Waals surface area contributed by atoms with Crippen molar-refractivity contribution in [3.8, 4) is 0 Å². The zero-order valence-electron chi connectivity index (χ0n) is 16.0. The predicted molar refractivity (Wildman–Crippen MR) is 96.4 cm³/mol. The van der Waals surface area contributed by atoms with Gasteiger partial charge in [0.25, 0.3) is 0 Å². The van der Waals surface area contributed by atoms with Crippen LogP contribution in [0.4, 0.5) is 0 Å². The van der Waals surface area contributed by atoms with Gasteiger partial charge in [-0.25, -0.2) is 4.79 Å². The molecule has 0 aromatic rings. The van der Waals surface area contributed by atoms with E-state index in [-0.39, 0.29) is 5.92 Å². The van der Waals surface area contributed by atoms with Crippen LogP contribution < -0.4 is 16.4 Å². The number of aliphatic carboxylic acids is 1. The molecule has 0 spiro atoms. The molecule has 5 atom stereocenters. The normalized spacial score (nSPS) is 21.1. The van der Waals surface area contributed by atoms with Crippen molar-refractivity contribution in [2.75, 3.05) is 13.2 Å². The Morgan fingerprint density at radius 3 is 2.33 bits per heavy atom. The molecular formula is C17H30N4O6.